The molecule has 0 fully saturated rings. The van der Waals surface area contributed by atoms with E-state index in [4.69, 9.17) is 17.0 Å². The molecule has 2 aromatic rings. The summed E-state index contributed by atoms with van der Waals surface area (Å²) in [6.45, 7) is 5.40. The quantitative estimate of drug-likeness (QED) is 0.592. The summed E-state index contributed by atoms with van der Waals surface area (Å²) in [4.78, 5) is 16.3. The fraction of sp³-hybridized carbons (Fsp3) is 0.385. The number of aryl methyl sites for hydroxylation is 1. The molecule has 0 aromatic carbocycles. The van der Waals surface area contributed by atoms with Crippen molar-refractivity contribution >= 4 is 29.2 Å². The van der Waals surface area contributed by atoms with Crippen molar-refractivity contribution in [3.05, 3.63) is 28.5 Å². The molecule has 0 aliphatic carbocycles. The van der Waals surface area contributed by atoms with E-state index >= 15 is 0 Å². The molecule has 19 heavy (non-hydrogen) atoms. The number of fused-ring (bicyclic) bond motifs is 1. The molecule has 0 saturated heterocycles. The number of rotatable bonds is 1. The average Bonchev–Trinajstić information content (AvgIpc) is 2.31. The van der Waals surface area contributed by atoms with Crippen LogP contribution in [0.15, 0.2) is 18.3 Å². The first-order valence-electron chi connectivity index (χ1n) is 5.85. The molecule has 0 N–H and O–H groups in total. The first-order valence-corrected chi connectivity index (χ1v) is 6.26. The molecule has 100 valence electrons. The van der Waals surface area contributed by atoms with Crippen LogP contribution in [0.5, 0.6) is 0 Å². The van der Waals surface area contributed by atoms with Crippen LogP contribution in [0.4, 0.5) is 0 Å². The average molecular weight is 277 g/mol. The number of carbonyl (C=O) groups is 1. The number of hydrogen-bond acceptors (Lipinski definition) is 5. The van der Waals surface area contributed by atoms with Gasteiger partial charge in [-0.05, 0) is 32.9 Å². The Hall–Kier alpha value is -1.82. The zero-order chi connectivity index (χ0) is 14.2. The highest BCUT2D eigenvalue weighted by molar-refractivity contribution is 7.71. The van der Waals surface area contributed by atoms with E-state index < -0.39 is 11.6 Å². The van der Waals surface area contributed by atoms with Gasteiger partial charge in [0.15, 0.2) is 5.69 Å². The second kappa shape index (κ2) is 4.70. The molecule has 0 aliphatic rings. The molecule has 5 nitrogen and oxygen atoms in total. The lowest BCUT2D eigenvalue weighted by Gasteiger charge is -2.19. The number of hydrogen-bond donors (Lipinski definition) is 0. The van der Waals surface area contributed by atoms with E-state index in [9.17, 15) is 4.79 Å². The third kappa shape index (κ3) is 2.78. The summed E-state index contributed by atoms with van der Waals surface area (Å²) < 4.78 is 7.20. The molecule has 0 saturated carbocycles. The zero-order valence-corrected chi connectivity index (χ0v) is 12.1. The Kier molecular flexibility index (Phi) is 3.36. The highest BCUT2D eigenvalue weighted by Crippen LogP contribution is 2.16. The molecule has 0 unspecified atom stereocenters. The van der Waals surface area contributed by atoms with Crippen molar-refractivity contribution in [2.45, 2.75) is 26.4 Å². The van der Waals surface area contributed by atoms with Crippen molar-refractivity contribution in [2.75, 3.05) is 0 Å². The van der Waals surface area contributed by atoms with Crippen molar-refractivity contribution in [2.24, 2.45) is 7.05 Å². The minimum atomic E-state index is -0.585. The Morgan fingerprint density at radius 2 is 2.11 bits per heavy atom. The Balaban J connectivity index is 2.60. The molecule has 0 bridgehead atoms. The molecule has 0 aliphatic heterocycles. The maximum absolute atomic E-state index is 12.1. The normalized spacial score (nSPS) is 11.6. The number of nitrogens with zero attached hydrogens (tertiary/aromatic N) is 3. The Morgan fingerprint density at radius 3 is 2.74 bits per heavy atom. The second-order valence-corrected chi connectivity index (χ2v) is 5.58. The van der Waals surface area contributed by atoms with Gasteiger partial charge in [-0.2, -0.15) is 5.10 Å². The summed E-state index contributed by atoms with van der Waals surface area (Å²) in [5.41, 5.74) is 0.896. The minimum absolute atomic E-state index is 0.124. The highest BCUT2D eigenvalue weighted by atomic mass is 32.1. The standard InChI is InChI=1S/C13H15N3O2S/c1-13(2,3)18-12(17)10-11(19)9-8(16(4)15-10)6-5-7-14-9/h5-7H,1-4H3. The van der Waals surface area contributed by atoms with Crippen LogP contribution in [0.1, 0.15) is 31.3 Å². The largest absolute Gasteiger partial charge is 0.455 e. The highest BCUT2D eigenvalue weighted by Gasteiger charge is 2.22. The molecule has 0 atom stereocenters. The number of ether oxygens (including phenoxy) is 1. The SMILES string of the molecule is Cn1nc(C(=O)OC(C)(C)C)c(=S)c2ncccc21. The molecule has 2 heterocycles. The van der Waals surface area contributed by atoms with E-state index in [-0.39, 0.29) is 5.69 Å². The first-order chi connectivity index (χ1) is 8.79. The van der Waals surface area contributed by atoms with E-state index in [0.717, 1.165) is 5.52 Å². The van der Waals surface area contributed by atoms with Crippen molar-refractivity contribution in [3.8, 4) is 0 Å². The fourth-order valence-electron chi connectivity index (χ4n) is 1.65. The Morgan fingerprint density at radius 1 is 1.42 bits per heavy atom. The van der Waals surface area contributed by atoms with Crippen molar-refractivity contribution in [1.29, 1.82) is 0 Å². The maximum Gasteiger partial charge on any atom is 0.360 e. The Labute approximate surface area is 116 Å². The number of esters is 1. The lowest BCUT2D eigenvalue weighted by atomic mass is 10.2. The molecule has 2 rings (SSSR count). The van der Waals surface area contributed by atoms with Gasteiger partial charge in [0.1, 0.15) is 15.6 Å². The summed E-state index contributed by atoms with van der Waals surface area (Å²) >= 11 is 5.28. The van der Waals surface area contributed by atoms with Gasteiger partial charge in [-0.25, -0.2) is 4.79 Å². The smallest absolute Gasteiger partial charge is 0.360 e. The van der Waals surface area contributed by atoms with Gasteiger partial charge in [0.2, 0.25) is 0 Å². The molecular formula is C13H15N3O2S. The van der Waals surface area contributed by atoms with Gasteiger partial charge in [-0.1, -0.05) is 12.2 Å². The molecular weight excluding hydrogens is 262 g/mol. The maximum atomic E-state index is 12.1. The summed E-state index contributed by atoms with van der Waals surface area (Å²) in [5.74, 6) is -0.527. The van der Waals surface area contributed by atoms with Gasteiger partial charge >= 0.3 is 5.97 Å². The number of carbonyl (C=O) groups excluding carboxylic acids is 1. The lowest BCUT2D eigenvalue weighted by molar-refractivity contribution is 0.00601. The summed E-state index contributed by atoms with van der Waals surface area (Å²) in [7, 11) is 1.74. The number of aromatic nitrogens is 3. The minimum Gasteiger partial charge on any atom is -0.455 e. The van der Waals surface area contributed by atoms with Gasteiger partial charge in [0.05, 0.1) is 5.52 Å². The molecule has 0 amide bonds. The number of pyridine rings is 1. The van der Waals surface area contributed by atoms with Crippen LogP contribution in [-0.4, -0.2) is 26.3 Å². The van der Waals surface area contributed by atoms with Crippen LogP contribution in [0, 0.1) is 4.51 Å². The Bertz CT molecular complexity index is 701. The molecule has 2 aromatic heterocycles. The van der Waals surface area contributed by atoms with E-state index in [0.29, 0.717) is 10.0 Å². The molecule has 6 heteroatoms. The predicted molar refractivity (Wildman–Crippen MR) is 74.5 cm³/mol. The lowest BCUT2D eigenvalue weighted by Crippen LogP contribution is -2.25. The van der Waals surface area contributed by atoms with E-state index in [1.54, 1.807) is 44.8 Å². The third-order valence-electron chi connectivity index (χ3n) is 2.41. The monoisotopic (exact) mass is 277 g/mol. The van der Waals surface area contributed by atoms with Crippen molar-refractivity contribution < 1.29 is 9.53 Å². The van der Waals surface area contributed by atoms with Gasteiger partial charge in [0.25, 0.3) is 0 Å². The van der Waals surface area contributed by atoms with Gasteiger partial charge in [0, 0.05) is 13.2 Å². The van der Waals surface area contributed by atoms with Crippen LogP contribution < -0.4 is 0 Å². The van der Waals surface area contributed by atoms with Crippen LogP contribution in [0.3, 0.4) is 0 Å². The second-order valence-electron chi connectivity index (χ2n) is 5.17. The topological polar surface area (TPSA) is 57.0 Å². The van der Waals surface area contributed by atoms with Crippen LogP contribution in [0.25, 0.3) is 11.0 Å². The summed E-state index contributed by atoms with van der Waals surface area (Å²) in [6, 6.07) is 3.65. The fourth-order valence-corrected chi connectivity index (χ4v) is 1.94. The predicted octanol–water partition coefficient (Wildman–Crippen LogP) is 2.65. The summed E-state index contributed by atoms with van der Waals surface area (Å²) in [5, 5.41) is 4.18. The molecule has 0 radical (unpaired) electrons. The summed E-state index contributed by atoms with van der Waals surface area (Å²) in [6.07, 6.45) is 1.64. The first kappa shape index (κ1) is 13.6. The van der Waals surface area contributed by atoms with E-state index in [1.807, 2.05) is 6.07 Å². The van der Waals surface area contributed by atoms with Crippen LogP contribution in [-0.2, 0) is 11.8 Å². The van der Waals surface area contributed by atoms with E-state index in [2.05, 4.69) is 10.1 Å². The van der Waals surface area contributed by atoms with Gasteiger partial charge < -0.3 is 4.74 Å². The molecule has 0 spiro atoms. The van der Waals surface area contributed by atoms with Crippen LogP contribution >= 0.6 is 12.2 Å². The van der Waals surface area contributed by atoms with Gasteiger partial charge in [-0.3, -0.25) is 9.67 Å². The van der Waals surface area contributed by atoms with Crippen LogP contribution in [0.2, 0.25) is 0 Å². The van der Waals surface area contributed by atoms with Crippen molar-refractivity contribution in [1.82, 2.24) is 14.8 Å². The zero-order valence-electron chi connectivity index (χ0n) is 11.3. The van der Waals surface area contributed by atoms with E-state index in [1.165, 1.54) is 0 Å². The third-order valence-corrected chi connectivity index (χ3v) is 2.79. The van der Waals surface area contributed by atoms with Gasteiger partial charge in [-0.15, -0.1) is 0 Å². The van der Waals surface area contributed by atoms with Crippen molar-refractivity contribution in [3.63, 3.8) is 0 Å².